The minimum Gasteiger partial charge on any atom is -0.381 e. The van der Waals surface area contributed by atoms with Gasteiger partial charge in [-0.15, -0.1) is 0 Å². The molecule has 3 fully saturated rings. The fraction of sp³-hybridized carbons (Fsp3) is 0.667. The lowest BCUT2D eigenvalue weighted by Gasteiger charge is -2.43. The van der Waals surface area contributed by atoms with E-state index in [1.807, 2.05) is 6.92 Å². The topological polar surface area (TPSA) is 53.1 Å². The Balaban J connectivity index is 1.48. The van der Waals surface area contributed by atoms with Crippen molar-refractivity contribution in [1.29, 1.82) is 0 Å². The van der Waals surface area contributed by atoms with Gasteiger partial charge in [0.2, 0.25) is 0 Å². The molecule has 9 heteroatoms. The predicted molar refractivity (Wildman–Crippen MR) is 116 cm³/mol. The van der Waals surface area contributed by atoms with Gasteiger partial charge in [0.25, 0.3) is 5.91 Å². The summed E-state index contributed by atoms with van der Waals surface area (Å²) >= 11 is 0. The van der Waals surface area contributed by atoms with Crippen LogP contribution in [0.3, 0.4) is 0 Å². The van der Waals surface area contributed by atoms with Crippen molar-refractivity contribution in [3.05, 3.63) is 35.4 Å². The minimum atomic E-state index is -4.43. The van der Waals surface area contributed by atoms with Gasteiger partial charge in [-0.05, 0) is 63.1 Å². The molecule has 33 heavy (non-hydrogen) atoms. The first-order chi connectivity index (χ1) is 15.7. The van der Waals surface area contributed by atoms with Gasteiger partial charge in [-0.3, -0.25) is 9.69 Å². The zero-order chi connectivity index (χ0) is 23.8. The number of nitrogens with zero attached hydrogens (tertiary/aromatic N) is 3. The molecule has 0 radical (unpaired) electrons. The summed E-state index contributed by atoms with van der Waals surface area (Å²) in [6.45, 7) is 8.07. The van der Waals surface area contributed by atoms with Crippen LogP contribution < -0.4 is 0 Å². The predicted octanol–water partition coefficient (Wildman–Crippen LogP) is 4.31. The van der Waals surface area contributed by atoms with Gasteiger partial charge in [0.05, 0.1) is 11.6 Å². The van der Waals surface area contributed by atoms with Crippen LogP contribution in [-0.2, 0) is 15.7 Å². The number of hydrogen-bond donors (Lipinski definition) is 0. The number of ether oxygens (including phenoxy) is 1. The van der Waals surface area contributed by atoms with E-state index in [4.69, 9.17) is 4.74 Å². The highest BCUT2D eigenvalue weighted by Crippen LogP contribution is 2.41. The van der Waals surface area contributed by atoms with E-state index in [9.17, 15) is 22.8 Å². The van der Waals surface area contributed by atoms with Crippen LogP contribution in [-0.4, -0.2) is 71.6 Å². The highest BCUT2D eigenvalue weighted by Gasteiger charge is 2.58. The van der Waals surface area contributed by atoms with E-state index in [0.29, 0.717) is 30.9 Å². The highest BCUT2D eigenvalue weighted by molar-refractivity contribution is 6.07. The first-order valence-corrected chi connectivity index (χ1v) is 11.8. The molecule has 1 aromatic rings. The third-order valence-electron chi connectivity index (χ3n) is 7.53. The zero-order valence-corrected chi connectivity index (χ0v) is 19.2. The number of rotatable bonds is 5. The van der Waals surface area contributed by atoms with Gasteiger partial charge < -0.3 is 14.5 Å². The van der Waals surface area contributed by atoms with Gasteiger partial charge in [-0.2, -0.15) is 13.2 Å². The van der Waals surface area contributed by atoms with Crippen LogP contribution in [0, 0.1) is 5.92 Å². The van der Waals surface area contributed by atoms with Gasteiger partial charge >= 0.3 is 12.2 Å². The number of likely N-dealkylation sites (N-methyl/N-ethyl adjacent to an activating group) is 1. The highest BCUT2D eigenvalue weighted by atomic mass is 19.4. The molecule has 1 spiro atoms. The molecule has 1 atom stereocenters. The molecule has 0 aliphatic carbocycles. The Labute approximate surface area is 192 Å². The number of halogens is 3. The Morgan fingerprint density at radius 2 is 1.70 bits per heavy atom. The van der Waals surface area contributed by atoms with Crippen molar-refractivity contribution < 1.29 is 27.5 Å². The molecule has 3 aliphatic heterocycles. The molecule has 0 N–H and O–H groups in total. The van der Waals surface area contributed by atoms with Gasteiger partial charge in [-0.1, -0.05) is 12.1 Å². The van der Waals surface area contributed by atoms with Crippen molar-refractivity contribution in [2.45, 2.75) is 57.3 Å². The molecule has 182 valence electrons. The summed E-state index contributed by atoms with van der Waals surface area (Å²) in [7, 11) is 0. The third kappa shape index (κ3) is 4.49. The molecular formula is C24H32F3N3O3. The molecule has 0 saturated carbocycles. The fourth-order valence-corrected chi connectivity index (χ4v) is 5.50. The first kappa shape index (κ1) is 24.0. The van der Waals surface area contributed by atoms with Crippen molar-refractivity contribution in [3.8, 4) is 0 Å². The van der Waals surface area contributed by atoms with Crippen LogP contribution >= 0.6 is 0 Å². The quantitative estimate of drug-likeness (QED) is 0.606. The van der Waals surface area contributed by atoms with Gasteiger partial charge in [0, 0.05) is 39.4 Å². The van der Waals surface area contributed by atoms with Crippen LogP contribution in [0.2, 0.25) is 0 Å². The average Bonchev–Trinajstić information content (AvgIpc) is 3.00. The first-order valence-electron chi connectivity index (χ1n) is 11.8. The van der Waals surface area contributed by atoms with Gasteiger partial charge in [0.15, 0.2) is 0 Å². The second-order valence-corrected chi connectivity index (χ2v) is 9.39. The second kappa shape index (κ2) is 9.25. The van der Waals surface area contributed by atoms with Crippen LogP contribution in [0.5, 0.6) is 0 Å². The van der Waals surface area contributed by atoms with Crippen molar-refractivity contribution >= 4 is 11.9 Å². The maximum atomic E-state index is 13.6. The van der Waals surface area contributed by atoms with Crippen molar-refractivity contribution in [2.24, 2.45) is 5.92 Å². The maximum Gasteiger partial charge on any atom is 0.416 e. The molecule has 0 aromatic heterocycles. The van der Waals surface area contributed by atoms with Crippen LogP contribution in [0.4, 0.5) is 18.0 Å². The molecule has 3 saturated heterocycles. The lowest BCUT2D eigenvalue weighted by molar-refractivity contribution is -0.138. The molecule has 3 heterocycles. The van der Waals surface area contributed by atoms with Crippen LogP contribution in [0.1, 0.15) is 56.7 Å². The van der Waals surface area contributed by atoms with E-state index in [1.165, 1.54) is 17.0 Å². The number of benzene rings is 1. The van der Waals surface area contributed by atoms with Gasteiger partial charge in [-0.25, -0.2) is 4.79 Å². The molecule has 6 nitrogen and oxygen atoms in total. The summed E-state index contributed by atoms with van der Waals surface area (Å²) in [6.07, 6.45) is -1.17. The second-order valence-electron chi connectivity index (χ2n) is 9.39. The van der Waals surface area contributed by atoms with E-state index in [0.717, 1.165) is 57.8 Å². The lowest BCUT2D eigenvalue weighted by atomic mass is 9.85. The number of carbonyl (C=O) groups excluding carboxylic acids is 2. The molecule has 3 aliphatic rings. The number of piperidine rings is 1. The van der Waals surface area contributed by atoms with Crippen molar-refractivity contribution in [3.63, 3.8) is 0 Å². The molecule has 1 aromatic carbocycles. The number of urea groups is 1. The Morgan fingerprint density at radius 1 is 1.09 bits per heavy atom. The molecule has 0 unspecified atom stereocenters. The largest absolute Gasteiger partial charge is 0.416 e. The Kier molecular flexibility index (Phi) is 6.73. The Hall–Kier alpha value is -2.13. The molecule has 0 bridgehead atoms. The van der Waals surface area contributed by atoms with Crippen LogP contribution in [0.15, 0.2) is 24.3 Å². The maximum absolute atomic E-state index is 13.6. The average molecular weight is 468 g/mol. The standard InChI is InChI=1S/C24H32F3N3O3/c1-3-29-22(32)30(17(2)19-4-6-20(7-5-19)24(25,26)27)21(31)23(29)10-12-28(13-11-23)16-18-8-14-33-15-9-18/h4-7,17-18H,3,8-16H2,1-2H3/t17-/m0/s1. The molecular weight excluding hydrogens is 435 g/mol. The van der Waals surface area contributed by atoms with Gasteiger partial charge in [0.1, 0.15) is 5.54 Å². The third-order valence-corrected chi connectivity index (χ3v) is 7.53. The summed E-state index contributed by atoms with van der Waals surface area (Å²) in [4.78, 5) is 32.2. The number of amides is 3. The van der Waals surface area contributed by atoms with Crippen molar-refractivity contribution in [1.82, 2.24) is 14.7 Å². The Morgan fingerprint density at radius 3 is 2.24 bits per heavy atom. The number of alkyl halides is 3. The number of carbonyl (C=O) groups is 2. The van der Waals surface area contributed by atoms with Crippen LogP contribution in [0.25, 0.3) is 0 Å². The van der Waals surface area contributed by atoms with E-state index in [2.05, 4.69) is 4.90 Å². The summed E-state index contributed by atoms with van der Waals surface area (Å²) in [5, 5.41) is 0. The zero-order valence-electron chi connectivity index (χ0n) is 19.2. The SMILES string of the molecule is CCN1C(=O)N([C@@H](C)c2ccc(C(F)(F)F)cc2)C(=O)C12CCN(CC1CCOCC1)CC2. The summed E-state index contributed by atoms with van der Waals surface area (Å²) in [6, 6.07) is 3.71. The number of likely N-dealkylation sites (tertiary alicyclic amines) is 1. The van der Waals surface area contributed by atoms with E-state index < -0.39 is 23.3 Å². The smallest absolute Gasteiger partial charge is 0.381 e. The number of hydrogen-bond acceptors (Lipinski definition) is 4. The summed E-state index contributed by atoms with van der Waals surface area (Å²) in [5.74, 6) is 0.375. The normalized spacial score (nSPS) is 23.5. The molecule has 4 rings (SSSR count). The summed E-state index contributed by atoms with van der Waals surface area (Å²) in [5.41, 5.74) is -1.10. The minimum absolute atomic E-state index is 0.229. The molecule has 3 amide bonds. The van der Waals surface area contributed by atoms with E-state index >= 15 is 0 Å². The van der Waals surface area contributed by atoms with Crippen molar-refractivity contribution in [2.75, 3.05) is 39.4 Å². The fourth-order valence-electron chi connectivity index (χ4n) is 5.50. The lowest BCUT2D eigenvalue weighted by Crippen LogP contribution is -2.57. The van der Waals surface area contributed by atoms with E-state index in [1.54, 1.807) is 11.8 Å². The number of imide groups is 1. The Bertz CT molecular complexity index is 860. The summed E-state index contributed by atoms with van der Waals surface area (Å²) < 4.78 is 44.2. The monoisotopic (exact) mass is 467 g/mol. The van der Waals surface area contributed by atoms with E-state index in [-0.39, 0.29) is 11.9 Å².